The third-order valence-electron chi connectivity index (χ3n) is 3.99. The number of hydrogen-bond donors (Lipinski definition) is 1. The number of benzene rings is 2. The number of aliphatic carboxylic acids is 1. The van der Waals surface area contributed by atoms with Crippen molar-refractivity contribution in [3.63, 3.8) is 0 Å². The van der Waals surface area contributed by atoms with E-state index in [4.69, 9.17) is 9.47 Å². The van der Waals surface area contributed by atoms with Crippen LogP contribution >= 0.6 is 0 Å². The van der Waals surface area contributed by atoms with E-state index in [2.05, 4.69) is 0 Å². The van der Waals surface area contributed by atoms with Gasteiger partial charge in [0.2, 0.25) is 0 Å². The van der Waals surface area contributed by atoms with Crippen LogP contribution in [0.2, 0.25) is 0 Å². The SMILES string of the molecule is CCOc1ccc(C(Cc2ccccc2OC(C)C)C(=O)O)c(C)c1. The fourth-order valence-corrected chi connectivity index (χ4v) is 2.89. The van der Waals surface area contributed by atoms with Crippen molar-refractivity contribution in [2.45, 2.75) is 46.1 Å². The summed E-state index contributed by atoms with van der Waals surface area (Å²) in [5.74, 6) is 0.0305. The van der Waals surface area contributed by atoms with Gasteiger partial charge in [-0.15, -0.1) is 0 Å². The first-order valence-electron chi connectivity index (χ1n) is 8.63. The molecule has 1 unspecified atom stereocenters. The molecule has 2 aromatic rings. The molecule has 0 aromatic heterocycles. The van der Waals surface area contributed by atoms with Crippen molar-refractivity contribution in [1.29, 1.82) is 0 Å². The molecule has 0 amide bonds. The van der Waals surface area contributed by atoms with Crippen LogP contribution in [0.5, 0.6) is 11.5 Å². The Morgan fingerprint density at radius 2 is 1.88 bits per heavy atom. The molecule has 4 nitrogen and oxygen atoms in total. The van der Waals surface area contributed by atoms with Crippen LogP contribution in [0.25, 0.3) is 0 Å². The summed E-state index contributed by atoms with van der Waals surface area (Å²) >= 11 is 0. The maximum atomic E-state index is 11.9. The van der Waals surface area contributed by atoms with Crippen molar-refractivity contribution in [2.75, 3.05) is 6.61 Å². The molecule has 0 radical (unpaired) electrons. The van der Waals surface area contributed by atoms with Gasteiger partial charge in [0.15, 0.2) is 0 Å². The molecular formula is C21H26O4. The highest BCUT2D eigenvalue weighted by atomic mass is 16.5. The molecule has 0 bridgehead atoms. The Hall–Kier alpha value is -2.49. The number of carboxylic acids is 1. The van der Waals surface area contributed by atoms with Gasteiger partial charge in [-0.3, -0.25) is 4.79 Å². The molecule has 1 N–H and O–H groups in total. The highest BCUT2D eigenvalue weighted by Crippen LogP contribution is 2.30. The summed E-state index contributed by atoms with van der Waals surface area (Å²) in [4.78, 5) is 11.9. The first-order valence-corrected chi connectivity index (χ1v) is 8.63. The number of carboxylic acid groups (broad SMARTS) is 1. The van der Waals surface area contributed by atoms with Crippen molar-refractivity contribution in [3.8, 4) is 11.5 Å². The van der Waals surface area contributed by atoms with Crippen LogP contribution in [-0.4, -0.2) is 23.8 Å². The van der Waals surface area contributed by atoms with Crippen molar-refractivity contribution < 1.29 is 19.4 Å². The molecule has 0 aliphatic carbocycles. The Balaban J connectivity index is 2.33. The van der Waals surface area contributed by atoms with Gasteiger partial charge in [0.05, 0.1) is 18.6 Å². The number of carbonyl (C=O) groups is 1. The largest absolute Gasteiger partial charge is 0.494 e. The summed E-state index contributed by atoms with van der Waals surface area (Å²) in [5.41, 5.74) is 2.62. The first-order chi connectivity index (χ1) is 11.9. The van der Waals surface area contributed by atoms with E-state index in [1.165, 1.54) is 0 Å². The predicted octanol–water partition coefficient (Wildman–Crippen LogP) is 4.59. The average Bonchev–Trinajstić information content (AvgIpc) is 2.54. The zero-order valence-corrected chi connectivity index (χ0v) is 15.3. The molecular weight excluding hydrogens is 316 g/mol. The van der Waals surface area contributed by atoms with Gasteiger partial charge >= 0.3 is 5.97 Å². The predicted molar refractivity (Wildman–Crippen MR) is 98.6 cm³/mol. The van der Waals surface area contributed by atoms with E-state index in [9.17, 15) is 9.90 Å². The Morgan fingerprint density at radius 3 is 2.48 bits per heavy atom. The summed E-state index contributed by atoms with van der Waals surface area (Å²) < 4.78 is 11.3. The summed E-state index contributed by atoms with van der Waals surface area (Å²) in [6.07, 6.45) is 0.421. The van der Waals surface area contributed by atoms with E-state index >= 15 is 0 Å². The Labute approximate surface area is 149 Å². The number of aryl methyl sites for hydroxylation is 1. The number of rotatable bonds is 8. The molecule has 4 heteroatoms. The Kier molecular flexibility index (Phi) is 6.45. The molecule has 0 aliphatic heterocycles. The highest BCUT2D eigenvalue weighted by molar-refractivity contribution is 5.77. The van der Waals surface area contributed by atoms with Crippen LogP contribution in [0.15, 0.2) is 42.5 Å². The van der Waals surface area contributed by atoms with Crippen LogP contribution < -0.4 is 9.47 Å². The standard InChI is InChI=1S/C21H26O4/c1-5-24-17-10-11-18(15(4)12-17)19(21(22)23)13-16-8-6-7-9-20(16)25-14(2)3/h6-12,14,19H,5,13H2,1-4H3,(H,22,23). The van der Waals surface area contributed by atoms with E-state index in [0.29, 0.717) is 13.0 Å². The lowest BCUT2D eigenvalue weighted by Crippen LogP contribution is -2.17. The lowest BCUT2D eigenvalue weighted by Gasteiger charge is -2.19. The van der Waals surface area contributed by atoms with E-state index in [1.54, 1.807) is 0 Å². The fraction of sp³-hybridized carbons (Fsp3) is 0.381. The molecule has 0 saturated carbocycles. The molecule has 0 aliphatic rings. The minimum absolute atomic E-state index is 0.0386. The van der Waals surface area contributed by atoms with E-state index in [1.807, 2.05) is 70.2 Å². The number of hydrogen-bond acceptors (Lipinski definition) is 3. The third kappa shape index (κ3) is 4.99. The van der Waals surface area contributed by atoms with Gasteiger partial charge in [-0.2, -0.15) is 0 Å². The molecule has 1 atom stereocenters. The highest BCUT2D eigenvalue weighted by Gasteiger charge is 2.24. The van der Waals surface area contributed by atoms with Crippen molar-refractivity contribution in [3.05, 3.63) is 59.2 Å². The molecule has 134 valence electrons. The minimum Gasteiger partial charge on any atom is -0.494 e. The summed E-state index contributed by atoms with van der Waals surface area (Å²) in [6.45, 7) is 8.35. The Bertz CT molecular complexity index is 722. The maximum Gasteiger partial charge on any atom is 0.311 e. The smallest absolute Gasteiger partial charge is 0.311 e. The Morgan fingerprint density at radius 1 is 1.16 bits per heavy atom. The topological polar surface area (TPSA) is 55.8 Å². The fourth-order valence-electron chi connectivity index (χ4n) is 2.89. The second-order valence-electron chi connectivity index (χ2n) is 6.32. The zero-order chi connectivity index (χ0) is 18.4. The van der Waals surface area contributed by atoms with Gasteiger partial charge in [0.25, 0.3) is 0 Å². The monoisotopic (exact) mass is 342 g/mol. The second-order valence-corrected chi connectivity index (χ2v) is 6.32. The molecule has 2 rings (SSSR count). The van der Waals surface area contributed by atoms with E-state index in [-0.39, 0.29) is 6.10 Å². The molecule has 0 saturated heterocycles. The lowest BCUT2D eigenvalue weighted by molar-refractivity contribution is -0.138. The summed E-state index contributed by atoms with van der Waals surface area (Å²) in [6, 6.07) is 13.2. The molecule has 2 aromatic carbocycles. The van der Waals surface area contributed by atoms with Crippen molar-refractivity contribution in [1.82, 2.24) is 0 Å². The third-order valence-corrected chi connectivity index (χ3v) is 3.99. The number of ether oxygens (including phenoxy) is 2. The van der Waals surface area contributed by atoms with Gasteiger partial charge in [-0.25, -0.2) is 0 Å². The lowest BCUT2D eigenvalue weighted by atomic mass is 9.89. The quantitative estimate of drug-likeness (QED) is 0.762. The van der Waals surface area contributed by atoms with Crippen molar-refractivity contribution >= 4 is 5.97 Å². The zero-order valence-electron chi connectivity index (χ0n) is 15.3. The van der Waals surface area contributed by atoms with Gasteiger partial charge < -0.3 is 14.6 Å². The summed E-state index contributed by atoms with van der Waals surface area (Å²) in [5, 5.41) is 9.79. The molecule has 25 heavy (non-hydrogen) atoms. The second kappa shape index (κ2) is 8.56. The van der Waals surface area contributed by atoms with Gasteiger partial charge in [-0.1, -0.05) is 24.3 Å². The summed E-state index contributed by atoms with van der Waals surface area (Å²) in [7, 11) is 0. The van der Waals surface area contributed by atoms with E-state index in [0.717, 1.165) is 28.2 Å². The maximum absolute atomic E-state index is 11.9. The van der Waals surface area contributed by atoms with E-state index < -0.39 is 11.9 Å². The molecule has 0 spiro atoms. The number of para-hydroxylation sites is 1. The first kappa shape index (κ1) is 18.8. The van der Waals surface area contributed by atoms with Crippen LogP contribution in [0.4, 0.5) is 0 Å². The minimum atomic E-state index is -0.841. The van der Waals surface area contributed by atoms with Crippen molar-refractivity contribution in [2.24, 2.45) is 0 Å². The molecule has 0 heterocycles. The van der Waals surface area contributed by atoms with Crippen LogP contribution in [-0.2, 0) is 11.2 Å². The molecule has 0 fully saturated rings. The van der Waals surface area contributed by atoms with Crippen LogP contribution in [0, 0.1) is 6.92 Å². The van der Waals surface area contributed by atoms with Crippen LogP contribution in [0.3, 0.4) is 0 Å². The average molecular weight is 342 g/mol. The van der Waals surface area contributed by atoms with Crippen LogP contribution in [0.1, 0.15) is 43.4 Å². The van der Waals surface area contributed by atoms with Gasteiger partial charge in [0, 0.05) is 0 Å². The normalized spacial score (nSPS) is 12.0. The van der Waals surface area contributed by atoms with Gasteiger partial charge in [-0.05, 0) is 69.0 Å². The van der Waals surface area contributed by atoms with Gasteiger partial charge in [0.1, 0.15) is 11.5 Å².